The van der Waals surface area contributed by atoms with Crippen LogP contribution in [0.25, 0.3) is 0 Å². The van der Waals surface area contributed by atoms with E-state index in [1.54, 1.807) is 41.3 Å². The van der Waals surface area contributed by atoms with E-state index in [2.05, 4.69) is 5.32 Å². The van der Waals surface area contributed by atoms with E-state index in [4.69, 9.17) is 0 Å². The molecule has 4 nitrogen and oxygen atoms in total. The maximum absolute atomic E-state index is 13.7. The van der Waals surface area contributed by atoms with Crippen LogP contribution in [0.1, 0.15) is 40.1 Å². The van der Waals surface area contributed by atoms with Crippen molar-refractivity contribution in [2.24, 2.45) is 0 Å². The summed E-state index contributed by atoms with van der Waals surface area (Å²) in [7, 11) is 0. The molecule has 0 aliphatic heterocycles. The van der Waals surface area contributed by atoms with Gasteiger partial charge in [0.25, 0.3) is 11.8 Å². The average molecular weight is 390 g/mol. The Morgan fingerprint density at radius 1 is 0.862 bits per heavy atom. The minimum Gasteiger partial charge on any atom is -0.332 e. The summed E-state index contributed by atoms with van der Waals surface area (Å²) in [6.45, 7) is 4.45. The van der Waals surface area contributed by atoms with Crippen molar-refractivity contribution in [3.8, 4) is 0 Å². The van der Waals surface area contributed by atoms with E-state index in [0.717, 1.165) is 5.56 Å². The third-order valence-electron chi connectivity index (χ3n) is 4.60. The van der Waals surface area contributed by atoms with E-state index in [9.17, 15) is 14.0 Å². The second-order valence-corrected chi connectivity index (χ2v) is 7.02. The van der Waals surface area contributed by atoms with Crippen molar-refractivity contribution in [3.05, 3.63) is 101 Å². The number of benzene rings is 3. The van der Waals surface area contributed by atoms with Crippen molar-refractivity contribution in [2.45, 2.75) is 26.4 Å². The zero-order chi connectivity index (χ0) is 20.8. The Balaban J connectivity index is 1.73. The molecule has 0 aromatic heterocycles. The highest BCUT2D eigenvalue weighted by Crippen LogP contribution is 2.17. The van der Waals surface area contributed by atoms with Crippen LogP contribution < -0.4 is 5.32 Å². The van der Waals surface area contributed by atoms with Crippen molar-refractivity contribution in [2.75, 3.05) is 5.32 Å². The SMILES string of the molecule is CC(C)N(Cc1ccccc1)C(=O)c1ccc(C(=O)Nc2ccccc2F)cc1. The molecule has 5 heteroatoms. The summed E-state index contributed by atoms with van der Waals surface area (Å²) in [6.07, 6.45) is 0. The van der Waals surface area contributed by atoms with Crippen LogP contribution in [-0.2, 0) is 6.54 Å². The number of para-hydroxylation sites is 1. The van der Waals surface area contributed by atoms with Crippen molar-refractivity contribution in [3.63, 3.8) is 0 Å². The summed E-state index contributed by atoms with van der Waals surface area (Å²) in [4.78, 5) is 27.1. The van der Waals surface area contributed by atoms with Crippen LogP contribution in [0.15, 0.2) is 78.9 Å². The lowest BCUT2D eigenvalue weighted by atomic mass is 10.1. The standard InChI is InChI=1S/C24H23FN2O2/c1-17(2)27(16-18-8-4-3-5-9-18)24(29)20-14-12-19(13-15-20)23(28)26-22-11-7-6-10-21(22)25/h3-15,17H,16H2,1-2H3,(H,26,28). The Morgan fingerprint density at radius 3 is 2.07 bits per heavy atom. The first-order valence-electron chi connectivity index (χ1n) is 9.46. The van der Waals surface area contributed by atoms with Crippen LogP contribution in [0.5, 0.6) is 0 Å². The number of anilines is 1. The van der Waals surface area contributed by atoms with Gasteiger partial charge in [0, 0.05) is 23.7 Å². The average Bonchev–Trinajstić information content (AvgIpc) is 2.74. The molecule has 0 spiro atoms. The Morgan fingerprint density at radius 2 is 1.45 bits per heavy atom. The molecule has 0 saturated heterocycles. The fourth-order valence-corrected chi connectivity index (χ4v) is 2.96. The number of carbonyl (C=O) groups is 2. The lowest BCUT2D eigenvalue weighted by Crippen LogP contribution is -2.36. The molecule has 148 valence electrons. The first kappa shape index (κ1) is 20.3. The summed E-state index contributed by atoms with van der Waals surface area (Å²) in [5, 5.41) is 2.54. The van der Waals surface area contributed by atoms with E-state index in [1.165, 1.54) is 12.1 Å². The lowest BCUT2D eigenvalue weighted by molar-refractivity contribution is 0.0690. The largest absolute Gasteiger partial charge is 0.332 e. The number of amides is 2. The normalized spacial score (nSPS) is 10.6. The molecule has 0 heterocycles. The van der Waals surface area contributed by atoms with Gasteiger partial charge in [-0.05, 0) is 55.8 Å². The third-order valence-corrected chi connectivity index (χ3v) is 4.60. The predicted octanol–water partition coefficient (Wildman–Crippen LogP) is 5.13. The first-order chi connectivity index (χ1) is 14.0. The molecule has 3 aromatic rings. The first-order valence-corrected chi connectivity index (χ1v) is 9.46. The second-order valence-electron chi connectivity index (χ2n) is 7.02. The van der Waals surface area contributed by atoms with Crippen LogP contribution in [0.4, 0.5) is 10.1 Å². The van der Waals surface area contributed by atoms with Gasteiger partial charge in [-0.3, -0.25) is 9.59 Å². The van der Waals surface area contributed by atoms with Gasteiger partial charge in [0.15, 0.2) is 0 Å². The number of carbonyl (C=O) groups excluding carboxylic acids is 2. The highest BCUT2D eigenvalue weighted by Gasteiger charge is 2.19. The van der Waals surface area contributed by atoms with Gasteiger partial charge >= 0.3 is 0 Å². The fourth-order valence-electron chi connectivity index (χ4n) is 2.96. The molecule has 0 aliphatic rings. The quantitative estimate of drug-likeness (QED) is 0.634. The lowest BCUT2D eigenvalue weighted by Gasteiger charge is -2.27. The van der Waals surface area contributed by atoms with Crippen LogP contribution in [-0.4, -0.2) is 22.8 Å². The molecule has 0 fully saturated rings. The minimum atomic E-state index is -0.499. The number of hydrogen-bond acceptors (Lipinski definition) is 2. The Bertz CT molecular complexity index is 985. The summed E-state index contributed by atoms with van der Waals surface area (Å²) in [6, 6.07) is 22.2. The van der Waals surface area contributed by atoms with Gasteiger partial charge < -0.3 is 10.2 Å². The smallest absolute Gasteiger partial charge is 0.255 e. The number of nitrogens with one attached hydrogen (secondary N) is 1. The van der Waals surface area contributed by atoms with Crippen LogP contribution in [0, 0.1) is 5.82 Å². The van der Waals surface area contributed by atoms with E-state index in [1.807, 2.05) is 44.2 Å². The monoisotopic (exact) mass is 390 g/mol. The Kier molecular flexibility index (Phi) is 6.39. The molecule has 2 amide bonds. The zero-order valence-corrected chi connectivity index (χ0v) is 16.4. The second kappa shape index (κ2) is 9.15. The molecule has 0 radical (unpaired) electrons. The van der Waals surface area contributed by atoms with Crippen molar-refractivity contribution in [1.29, 1.82) is 0 Å². The molecule has 0 aliphatic carbocycles. The van der Waals surface area contributed by atoms with Crippen LogP contribution in [0.3, 0.4) is 0 Å². The molecule has 3 aromatic carbocycles. The summed E-state index contributed by atoms with van der Waals surface area (Å²) >= 11 is 0. The molecule has 0 atom stereocenters. The predicted molar refractivity (Wildman–Crippen MR) is 112 cm³/mol. The van der Waals surface area contributed by atoms with Crippen LogP contribution >= 0.6 is 0 Å². The van der Waals surface area contributed by atoms with Crippen LogP contribution in [0.2, 0.25) is 0 Å². The number of rotatable bonds is 6. The Hall–Kier alpha value is -3.47. The maximum Gasteiger partial charge on any atom is 0.255 e. The highest BCUT2D eigenvalue weighted by atomic mass is 19.1. The summed E-state index contributed by atoms with van der Waals surface area (Å²) in [5.74, 6) is -1.04. The van der Waals surface area contributed by atoms with Crippen molar-refractivity contribution in [1.82, 2.24) is 4.90 Å². The van der Waals surface area contributed by atoms with Gasteiger partial charge in [0.05, 0.1) is 5.69 Å². The van der Waals surface area contributed by atoms with Gasteiger partial charge in [-0.15, -0.1) is 0 Å². The van der Waals surface area contributed by atoms with Crippen molar-refractivity contribution < 1.29 is 14.0 Å². The van der Waals surface area contributed by atoms with E-state index in [0.29, 0.717) is 17.7 Å². The van der Waals surface area contributed by atoms with Gasteiger partial charge in [-0.25, -0.2) is 4.39 Å². The van der Waals surface area contributed by atoms with Gasteiger partial charge in [0.2, 0.25) is 0 Å². The van der Waals surface area contributed by atoms with E-state index >= 15 is 0 Å². The number of halogens is 1. The number of hydrogen-bond donors (Lipinski definition) is 1. The summed E-state index contributed by atoms with van der Waals surface area (Å²) in [5.41, 5.74) is 2.02. The van der Waals surface area contributed by atoms with Gasteiger partial charge in [-0.2, -0.15) is 0 Å². The van der Waals surface area contributed by atoms with Crippen molar-refractivity contribution >= 4 is 17.5 Å². The van der Waals surface area contributed by atoms with E-state index in [-0.39, 0.29) is 17.6 Å². The molecule has 3 rings (SSSR count). The third kappa shape index (κ3) is 5.08. The van der Waals surface area contributed by atoms with Gasteiger partial charge in [-0.1, -0.05) is 42.5 Å². The molecular formula is C24H23FN2O2. The fraction of sp³-hybridized carbons (Fsp3) is 0.167. The minimum absolute atomic E-state index is 0.0201. The van der Waals surface area contributed by atoms with Gasteiger partial charge in [0.1, 0.15) is 5.82 Å². The molecular weight excluding hydrogens is 367 g/mol. The highest BCUT2D eigenvalue weighted by molar-refractivity contribution is 6.05. The Labute approximate surface area is 170 Å². The molecule has 0 unspecified atom stereocenters. The zero-order valence-electron chi connectivity index (χ0n) is 16.4. The molecule has 0 saturated carbocycles. The topological polar surface area (TPSA) is 49.4 Å². The van der Waals surface area contributed by atoms with E-state index < -0.39 is 11.7 Å². The number of nitrogens with zero attached hydrogens (tertiary/aromatic N) is 1. The molecule has 1 N–H and O–H groups in total. The molecule has 29 heavy (non-hydrogen) atoms. The molecule has 0 bridgehead atoms. The maximum atomic E-state index is 13.7. The summed E-state index contributed by atoms with van der Waals surface area (Å²) < 4.78 is 13.7.